The maximum absolute atomic E-state index is 13.1. The van der Waals surface area contributed by atoms with Crippen LogP contribution < -0.4 is 15.1 Å². The summed E-state index contributed by atoms with van der Waals surface area (Å²) in [7, 11) is 0. The van der Waals surface area contributed by atoms with E-state index >= 15 is 0 Å². The summed E-state index contributed by atoms with van der Waals surface area (Å²) in [6.07, 6.45) is 0. The number of halogens is 2. The van der Waals surface area contributed by atoms with Gasteiger partial charge in [-0.15, -0.1) is 0 Å². The lowest BCUT2D eigenvalue weighted by Crippen LogP contribution is -3.19. The van der Waals surface area contributed by atoms with Gasteiger partial charge in [0.2, 0.25) is 0 Å². The fourth-order valence-corrected chi connectivity index (χ4v) is 3.48. The van der Waals surface area contributed by atoms with E-state index < -0.39 is 0 Å². The molecule has 1 amide bonds. The largest absolute Gasteiger partial charge is 0.360 e. The standard InChI is InChI=1S/C20H20ClFN4O/c1-14(20(27)24-17-5-2-15(13-23)19(21)12-17)25-8-10-26(11-9-25)18-6-3-16(22)4-7-18/h2-7,12,14H,8-11H2,1H3,(H,24,27)/p+1/t14-/m1/s1. The third kappa shape index (κ3) is 4.57. The highest BCUT2D eigenvalue weighted by Gasteiger charge is 2.29. The van der Waals surface area contributed by atoms with Crippen molar-refractivity contribution in [2.75, 3.05) is 36.4 Å². The van der Waals surface area contributed by atoms with Crippen LogP contribution in [0.1, 0.15) is 12.5 Å². The van der Waals surface area contributed by atoms with Crippen molar-refractivity contribution in [3.8, 4) is 6.07 Å². The molecule has 1 fully saturated rings. The normalized spacial score (nSPS) is 15.9. The van der Waals surface area contributed by atoms with Gasteiger partial charge in [-0.05, 0) is 49.4 Å². The van der Waals surface area contributed by atoms with Crippen molar-refractivity contribution in [2.45, 2.75) is 13.0 Å². The van der Waals surface area contributed by atoms with Gasteiger partial charge in [-0.3, -0.25) is 4.79 Å². The minimum atomic E-state index is -0.240. The molecule has 2 aromatic carbocycles. The van der Waals surface area contributed by atoms with Gasteiger partial charge in [0.25, 0.3) is 5.91 Å². The molecule has 140 valence electrons. The molecule has 0 radical (unpaired) electrons. The molecule has 0 saturated carbocycles. The van der Waals surface area contributed by atoms with Gasteiger partial charge in [-0.1, -0.05) is 11.6 Å². The molecule has 1 aliphatic heterocycles. The molecule has 0 aromatic heterocycles. The third-order valence-electron chi connectivity index (χ3n) is 4.96. The van der Waals surface area contributed by atoms with Crippen LogP contribution >= 0.6 is 11.6 Å². The topological polar surface area (TPSA) is 60.6 Å². The van der Waals surface area contributed by atoms with Crippen LogP contribution in [0.5, 0.6) is 0 Å². The molecule has 0 unspecified atom stereocenters. The summed E-state index contributed by atoms with van der Waals surface area (Å²) in [6.45, 7) is 5.16. The molecule has 7 heteroatoms. The molecule has 2 aromatic rings. The van der Waals surface area contributed by atoms with Gasteiger partial charge in [-0.2, -0.15) is 5.26 Å². The molecule has 1 atom stereocenters. The highest BCUT2D eigenvalue weighted by molar-refractivity contribution is 6.32. The molecule has 27 heavy (non-hydrogen) atoms. The maximum Gasteiger partial charge on any atom is 0.282 e. The number of carbonyl (C=O) groups excluding carboxylic acids is 1. The van der Waals surface area contributed by atoms with E-state index in [0.29, 0.717) is 16.3 Å². The van der Waals surface area contributed by atoms with Crippen LogP contribution in [0.4, 0.5) is 15.8 Å². The molecule has 0 bridgehead atoms. The van der Waals surface area contributed by atoms with Crippen LogP contribution in [0.15, 0.2) is 42.5 Å². The molecule has 0 aliphatic carbocycles. The van der Waals surface area contributed by atoms with Crippen molar-refractivity contribution >= 4 is 28.9 Å². The monoisotopic (exact) mass is 387 g/mol. The number of nitriles is 1. The van der Waals surface area contributed by atoms with Crippen LogP contribution in [-0.2, 0) is 4.79 Å². The summed E-state index contributed by atoms with van der Waals surface area (Å²) in [5.74, 6) is -0.322. The second-order valence-corrected chi connectivity index (χ2v) is 7.05. The smallest absolute Gasteiger partial charge is 0.282 e. The SMILES string of the molecule is C[C@H](C(=O)Nc1ccc(C#N)c(Cl)c1)[NH+]1CCN(c2ccc(F)cc2)CC1. The molecule has 1 saturated heterocycles. The van der Waals surface area contributed by atoms with E-state index in [1.807, 2.05) is 13.0 Å². The number of benzene rings is 2. The van der Waals surface area contributed by atoms with Crippen LogP contribution in [0.3, 0.4) is 0 Å². The van der Waals surface area contributed by atoms with Crippen molar-refractivity contribution in [3.63, 3.8) is 0 Å². The van der Waals surface area contributed by atoms with Gasteiger partial charge in [0.1, 0.15) is 11.9 Å². The van der Waals surface area contributed by atoms with Crippen molar-refractivity contribution < 1.29 is 14.1 Å². The molecule has 1 heterocycles. The first-order valence-corrected chi connectivity index (χ1v) is 9.21. The zero-order chi connectivity index (χ0) is 19.4. The van der Waals surface area contributed by atoms with E-state index in [4.69, 9.17) is 16.9 Å². The highest BCUT2D eigenvalue weighted by Crippen LogP contribution is 2.20. The minimum absolute atomic E-state index is 0.0824. The van der Waals surface area contributed by atoms with Crippen LogP contribution in [-0.4, -0.2) is 38.1 Å². The Balaban J connectivity index is 1.56. The molecule has 0 spiro atoms. The van der Waals surface area contributed by atoms with Gasteiger partial charge in [0.15, 0.2) is 6.04 Å². The highest BCUT2D eigenvalue weighted by atomic mass is 35.5. The van der Waals surface area contributed by atoms with E-state index in [1.54, 1.807) is 30.3 Å². The summed E-state index contributed by atoms with van der Waals surface area (Å²) < 4.78 is 13.1. The average Bonchev–Trinajstić information content (AvgIpc) is 2.68. The van der Waals surface area contributed by atoms with Gasteiger partial charge in [0, 0.05) is 11.4 Å². The fourth-order valence-electron chi connectivity index (χ4n) is 3.26. The number of nitrogens with zero attached hydrogens (tertiary/aromatic N) is 2. The minimum Gasteiger partial charge on any atom is -0.360 e. The number of hydrogen-bond acceptors (Lipinski definition) is 3. The average molecular weight is 388 g/mol. The first kappa shape index (κ1) is 19.2. The molecule has 1 aliphatic rings. The number of amides is 1. The number of quaternary nitrogens is 1. The Morgan fingerprint density at radius 2 is 1.93 bits per heavy atom. The van der Waals surface area contributed by atoms with Crippen LogP contribution in [0, 0.1) is 17.1 Å². The van der Waals surface area contributed by atoms with Crippen molar-refractivity contribution in [1.82, 2.24) is 0 Å². The van der Waals surface area contributed by atoms with Crippen molar-refractivity contribution in [3.05, 3.63) is 58.9 Å². The van der Waals surface area contributed by atoms with Gasteiger partial charge >= 0.3 is 0 Å². The lowest BCUT2D eigenvalue weighted by atomic mass is 10.1. The number of anilines is 2. The first-order valence-electron chi connectivity index (χ1n) is 8.83. The zero-order valence-electron chi connectivity index (χ0n) is 15.0. The fraction of sp³-hybridized carbons (Fsp3) is 0.300. The summed E-state index contributed by atoms with van der Waals surface area (Å²) in [5, 5.41) is 12.1. The number of hydrogen-bond donors (Lipinski definition) is 2. The van der Waals surface area contributed by atoms with Crippen molar-refractivity contribution in [2.24, 2.45) is 0 Å². The summed E-state index contributed by atoms with van der Waals surface area (Å²) in [5.41, 5.74) is 1.96. The molecule has 3 rings (SSSR count). The Morgan fingerprint density at radius 3 is 2.52 bits per heavy atom. The lowest BCUT2D eigenvalue weighted by molar-refractivity contribution is -0.914. The number of piperazine rings is 1. The Labute approximate surface area is 162 Å². The number of rotatable bonds is 4. The Kier molecular flexibility index (Phi) is 5.94. The molecular formula is C20H21ClFN4O+. The molecule has 5 nitrogen and oxygen atoms in total. The lowest BCUT2D eigenvalue weighted by Gasteiger charge is -2.36. The number of carbonyl (C=O) groups is 1. The van der Waals surface area contributed by atoms with Crippen LogP contribution in [0.25, 0.3) is 0 Å². The molecule has 2 N–H and O–H groups in total. The Bertz CT molecular complexity index is 857. The van der Waals surface area contributed by atoms with E-state index in [0.717, 1.165) is 31.9 Å². The second kappa shape index (κ2) is 8.38. The predicted octanol–water partition coefficient (Wildman–Crippen LogP) is 2.08. The Hall–Kier alpha value is -2.62. The van der Waals surface area contributed by atoms with Gasteiger partial charge in [0.05, 0.1) is 36.8 Å². The number of nitrogens with one attached hydrogen (secondary N) is 2. The predicted molar refractivity (Wildman–Crippen MR) is 104 cm³/mol. The summed E-state index contributed by atoms with van der Waals surface area (Å²) in [4.78, 5) is 16.0. The van der Waals surface area contributed by atoms with E-state index in [2.05, 4.69) is 10.2 Å². The Morgan fingerprint density at radius 1 is 1.26 bits per heavy atom. The van der Waals surface area contributed by atoms with Gasteiger partial charge < -0.3 is 15.1 Å². The van der Waals surface area contributed by atoms with E-state index in [-0.39, 0.29) is 17.8 Å². The second-order valence-electron chi connectivity index (χ2n) is 6.64. The quantitative estimate of drug-likeness (QED) is 0.844. The first-order chi connectivity index (χ1) is 13.0. The zero-order valence-corrected chi connectivity index (χ0v) is 15.8. The third-order valence-corrected chi connectivity index (χ3v) is 5.27. The van der Waals surface area contributed by atoms with Crippen molar-refractivity contribution in [1.29, 1.82) is 5.26 Å². The van der Waals surface area contributed by atoms with E-state index in [9.17, 15) is 9.18 Å². The summed E-state index contributed by atoms with van der Waals surface area (Å²) >= 11 is 6.02. The van der Waals surface area contributed by atoms with Gasteiger partial charge in [-0.25, -0.2) is 4.39 Å². The summed E-state index contributed by atoms with van der Waals surface area (Å²) in [6, 6.07) is 13.1. The maximum atomic E-state index is 13.1. The van der Waals surface area contributed by atoms with Crippen LogP contribution in [0.2, 0.25) is 5.02 Å². The molecular weight excluding hydrogens is 367 g/mol. The van der Waals surface area contributed by atoms with E-state index in [1.165, 1.54) is 17.0 Å².